The fourth-order valence-electron chi connectivity index (χ4n) is 2.76. The summed E-state index contributed by atoms with van der Waals surface area (Å²) in [5.41, 5.74) is 2.57. The Bertz CT molecular complexity index is 907. The van der Waals surface area contributed by atoms with Gasteiger partial charge in [0.25, 0.3) is 0 Å². The number of benzene rings is 1. The highest BCUT2D eigenvalue weighted by Crippen LogP contribution is 2.22. The van der Waals surface area contributed by atoms with Gasteiger partial charge in [-0.05, 0) is 60.0 Å². The van der Waals surface area contributed by atoms with Crippen LogP contribution in [0.1, 0.15) is 28.8 Å². The number of hydrogen-bond donors (Lipinski definition) is 1. The highest BCUT2D eigenvalue weighted by atomic mass is 32.2. The van der Waals surface area contributed by atoms with Crippen LogP contribution in [-0.2, 0) is 22.9 Å². The molecule has 0 atom stereocenters. The Hall–Kier alpha value is -2.02. The third-order valence-corrected chi connectivity index (χ3v) is 6.58. The van der Waals surface area contributed by atoms with Crippen LogP contribution in [0.4, 0.5) is 0 Å². The number of rotatable bonds is 9. The second-order valence-corrected chi connectivity index (χ2v) is 8.84. The lowest BCUT2D eigenvalue weighted by molar-refractivity contribution is 0.576. The monoisotopic (exact) mass is 386 g/mol. The van der Waals surface area contributed by atoms with E-state index in [0.29, 0.717) is 11.4 Å². The second-order valence-electron chi connectivity index (χ2n) is 6.07. The van der Waals surface area contributed by atoms with Crippen LogP contribution in [-0.4, -0.2) is 19.9 Å². The van der Waals surface area contributed by atoms with Crippen molar-refractivity contribution in [3.63, 3.8) is 0 Å². The topological polar surface area (TPSA) is 59.1 Å². The third-order valence-electron chi connectivity index (χ3n) is 4.14. The predicted molar refractivity (Wildman–Crippen MR) is 106 cm³/mol. The summed E-state index contributed by atoms with van der Waals surface area (Å²) in [5, 5.41) is 2.12. The van der Waals surface area contributed by atoms with Gasteiger partial charge in [0.2, 0.25) is 10.0 Å². The summed E-state index contributed by atoms with van der Waals surface area (Å²) < 4.78 is 27.0. The van der Waals surface area contributed by atoms with Gasteiger partial charge in [0, 0.05) is 30.2 Å². The summed E-state index contributed by atoms with van der Waals surface area (Å²) in [6, 6.07) is 14.7. The minimum atomic E-state index is -3.40. The van der Waals surface area contributed by atoms with Crippen LogP contribution >= 0.6 is 11.3 Å². The summed E-state index contributed by atoms with van der Waals surface area (Å²) in [7, 11) is -3.40. The van der Waals surface area contributed by atoms with E-state index in [4.69, 9.17) is 0 Å². The van der Waals surface area contributed by atoms with E-state index in [0.717, 1.165) is 25.7 Å². The molecule has 6 heteroatoms. The van der Waals surface area contributed by atoms with Crippen LogP contribution in [0.15, 0.2) is 71.2 Å². The van der Waals surface area contributed by atoms with Gasteiger partial charge in [0.05, 0.1) is 4.90 Å². The van der Waals surface area contributed by atoms with Gasteiger partial charge in [-0.15, -0.1) is 11.3 Å². The fourth-order valence-corrected chi connectivity index (χ4v) is 4.83. The Morgan fingerprint density at radius 1 is 1.00 bits per heavy atom. The van der Waals surface area contributed by atoms with Gasteiger partial charge in [-0.1, -0.05) is 24.3 Å². The normalized spacial score (nSPS) is 11.5. The number of nitrogens with zero attached hydrogens (tertiary/aromatic N) is 1. The van der Waals surface area contributed by atoms with Gasteiger partial charge >= 0.3 is 0 Å². The molecule has 0 spiro atoms. The van der Waals surface area contributed by atoms with Crippen molar-refractivity contribution < 1.29 is 8.42 Å². The summed E-state index contributed by atoms with van der Waals surface area (Å²) in [5.74, 6) is 0. The molecule has 0 radical (unpaired) electrons. The molecule has 4 nitrogen and oxygen atoms in total. The van der Waals surface area contributed by atoms with E-state index in [9.17, 15) is 8.42 Å². The molecule has 2 aromatic heterocycles. The van der Waals surface area contributed by atoms with Gasteiger partial charge in [-0.3, -0.25) is 4.98 Å². The summed E-state index contributed by atoms with van der Waals surface area (Å²) in [6.45, 7) is 0.458. The number of sulfonamides is 1. The quantitative estimate of drug-likeness (QED) is 0.565. The number of pyridine rings is 1. The summed E-state index contributed by atoms with van der Waals surface area (Å²) >= 11 is 1.77. The van der Waals surface area contributed by atoms with E-state index in [1.807, 2.05) is 18.3 Å². The largest absolute Gasteiger partial charge is 0.264 e. The average molecular weight is 387 g/mol. The fraction of sp³-hybridized carbons (Fsp3) is 0.250. The van der Waals surface area contributed by atoms with Crippen LogP contribution in [0, 0.1) is 0 Å². The summed E-state index contributed by atoms with van der Waals surface area (Å²) in [4.78, 5) is 5.85. The maximum absolute atomic E-state index is 12.2. The number of aryl methyl sites for hydroxylation is 1. The predicted octanol–water partition coefficient (Wildman–Crippen LogP) is 4.04. The number of unbranched alkanes of at least 4 members (excludes halogenated alkanes) is 1. The first-order valence-electron chi connectivity index (χ1n) is 8.64. The van der Waals surface area contributed by atoms with Gasteiger partial charge < -0.3 is 0 Å². The van der Waals surface area contributed by atoms with Crippen molar-refractivity contribution in [2.75, 3.05) is 6.54 Å². The first-order chi connectivity index (χ1) is 12.6. The van der Waals surface area contributed by atoms with Gasteiger partial charge in [0.1, 0.15) is 0 Å². The van der Waals surface area contributed by atoms with Crippen molar-refractivity contribution in [1.82, 2.24) is 9.71 Å². The Labute approximate surface area is 159 Å². The van der Waals surface area contributed by atoms with Crippen molar-refractivity contribution in [2.24, 2.45) is 0 Å². The van der Waals surface area contributed by atoms with Crippen molar-refractivity contribution in [3.8, 4) is 0 Å². The van der Waals surface area contributed by atoms with Crippen LogP contribution in [0.2, 0.25) is 0 Å². The molecule has 0 unspecified atom stereocenters. The molecule has 0 saturated heterocycles. The zero-order valence-electron chi connectivity index (χ0n) is 14.5. The number of thiophene rings is 1. The smallest absolute Gasteiger partial charge is 0.240 e. The SMILES string of the molecule is O=S(=O)(NCCCCc1ccsc1Cc1cccnc1)c1ccccc1. The molecule has 1 aromatic carbocycles. The zero-order chi connectivity index (χ0) is 18.2. The number of aromatic nitrogens is 1. The standard InChI is InChI=1S/C20H22N2O2S2/c23-26(24,19-9-2-1-3-10-19)22-13-5-4-8-18-11-14-25-20(18)15-17-7-6-12-21-16-17/h1-3,6-7,9-12,14,16,22H,4-5,8,13,15H2. The van der Waals surface area contributed by atoms with Gasteiger partial charge in [-0.2, -0.15) is 0 Å². The molecule has 3 aromatic rings. The summed E-state index contributed by atoms with van der Waals surface area (Å²) in [6.07, 6.45) is 7.33. The van der Waals surface area contributed by atoms with E-state index in [1.54, 1.807) is 41.8 Å². The molecule has 0 aliphatic rings. The first kappa shape index (κ1) is 18.8. The maximum Gasteiger partial charge on any atom is 0.240 e. The molecule has 0 fully saturated rings. The van der Waals surface area contributed by atoms with Crippen molar-refractivity contribution in [1.29, 1.82) is 0 Å². The lowest BCUT2D eigenvalue weighted by Gasteiger charge is -2.07. The molecule has 0 saturated carbocycles. The minimum Gasteiger partial charge on any atom is -0.264 e. The van der Waals surface area contributed by atoms with E-state index in [2.05, 4.69) is 27.2 Å². The molecule has 0 amide bonds. The molecule has 0 aliphatic carbocycles. The molecule has 26 heavy (non-hydrogen) atoms. The lowest BCUT2D eigenvalue weighted by Crippen LogP contribution is -2.24. The molecule has 2 heterocycles. The average Bonchev–Trinajstić information content (AvgIpc) is 3.10. The molecule has 3 rings (SSSR count). The number of nitrogens with one attached hydrogen (secondary N) is 1. The van der Waals surface area contributed by atoms with Crippen LogP contribution < -0.4 is 4.72 Å². The minimum absolute atomic E-state index is 0.316. The van der Waals surface area contributed by atoms with E-state index in [1.165, 1.54) is 16.0 Å². The van der Waals surface area contributed by atoms with E-state index < -0.39 is 10.0 Å². The van der Waals surface area contributed by atoms with Gasteiger partial charge in [-0.25, -0.2) is 13.1 Å². The second kappa shape index (κ2) is 9.07. The van der Waals surface area contributed by atoms with Crippen LogP contribution in [0.5, 0.6) is 0 Å². The highest BCUT2D eigenvalue weighted by molar-refractivity contribution is 7.89. The van der Waals surface area contributed by atoms with Crippen molar-refractivity contribution in [2.45, 2.75) is 30.6 Å². The first-order valence-corrected chi connectivity index (χ1v) is 11.0. The van der Waals surface area contributed by atoms with Crippen molar-refractivity contribution >= 4 is 21.4 Å². The van der Waals surface area contributed by atoms with Crippen LogP contribution in [0.3, 0.4) is 0 Å². The Kier molecular flexibility index (Phi) is 6.55. The third kappa shape index (κ3) is 5.24. The van der Waals surface area contributed by atoms with Gasteiger partial charge in [0.15, 0.2) is 0 Å². The van der Waals surface area contributed by atoms with E-state index in [-0.39, 0.29) is 0 Å². The van der Waals surface area contributed by atoms with Crippen LogP contribution in [0.25, 0.3) is 0 Å². The van der Waals surface area contributed by atoms with Crippen molar-refractivity contribution in [3.05, 3.63) is 82.3 Å². The maximum atomic E-state index is 12.2. The Balaban J connectivity index is 1.45. The molecular formula is C20H22N2O2S2. The zero-order valence-corrected chi connectivity index (χ0v) is 16.1. The molecule has 1 N–H and O–H groups in total. The molecule has 136 valence electrons. The Morgan fingerprint density at radius 2 is 1.85 bits per heavy atom. The molecule has 0 aliphatic heterocycles. The number of hydrogen-bond acceptors (Lipinski definition) is 4. The lowest BCUT2D eigenvalue weighted by atomic mass is 10.1. The molecule has 0 bridgehead atoms. The Morgan fingerprint density at radius 3 is 2.62 bits per heavy atom. The van der Waals surface area contributed by atoms with E-state index >= 15 is 0 Å². The highest BCUT2D eigenvalue weighted by Gasteiger charge is 2.12. The molecular weight excluding hydrogens is 364 g/mol.